The van der Waals surface area contributed by atoms with Crippen LogP contribution in [-0.4, -0.2) is 50.7 Å². The Labute approximate surface area is 149 Å². The fourth-order valence-corrected chi connectivity index (χ4v) is 3.39. The highest BCUT2D eigenvalue weighted by Crippen LogP contribution is 2.27. The lowest BCUT2D eigenvalue weighted by atomic mass is 10.1. The van der Waals surface area contributed by atoms with Gasteiger partial charge < -0.3 is 4.90 Å². The van der Waals surface area contributed by atoms with Gasteiger partial charge in [0.1, 0.15) is 6.33 Å². The summed E-state index contributed by atoms with van der Waals surface area (Å²) >= 11 is 12.2. The third kappa shape index (κ3) is 2.81. The summed E-state index contributed by atoms with van der Waals surface area (Å²) in [6.07, 6.45) is 5.31. The summed E-state index contributed by atoms with van der Waals surface area (Å²) < 4.78 is 1.88. The number of nitrogens with zero attached hydrogens (tertiary/aromatic N) is 6. The van der Waals surface area contributed by atoms with Gasteiger partial charge in [-0.2, -0.15) is 0 Å². The van der Waals surface area contributed by atoms with E-state index in [4.69, 9.17) is 23.2 Å². The molecule has 1 aromatic carbocycles. The lowest BCUT2D eigenvalue weighted by molar-refractivity contribution is 0.197. The smallest absolute Gasteiger partial charge is 0.203 e. The molecular weight excluding hydrogens is 347 g/mol. The first-order valence-electron chi connectivity index (χ1n) is 7.65. The molecule has 8 heteroatoms. The molecule has 0 N–H and O–H groups in total. The molecule has 1 aliphatic heterocycles. The summed E-state index contributed by atoms with van der Waals surface area (Å²) in [5.74, 6) is 0.879. The highest BCUT2D eigenvalue weighted by molar-refractivity contribution is 6.35. The molecule has 124 valence electrons. The van der Waals surface area contributed by atoms with Crippen LogP contribution >= 0.6 is 23.2 Å². The number of hydrogen-bond acceptors (Lipinski definition) is 5. The summed E-state index contributed by atoms with van der Waals surface area (Å²) in [7, 11) is 2.11. The number of halogens is 2. The van der Waals surface area contributed by atoms with Crippen LogP contribution in [0.25, 0.3) is 5.65 Å². The number of aromatic nitrogens is 4. The fourth-order valence-electron chi connectivity index (χ4n) is 2.92. The minimum atomic E-state index is 0.446. The Morgan fingerprint density at radius 1 is 1.29 bits per heavy atom. The molecule has 4 rings (SSSR count). The zero-order valence-electron chi connectivity index (χ0n) is 13.1. The quantitative estimate of drug-likeness (QED) is 0.714. The molecular formula is C16H16Cl2N6. The molecule has 0 radical (unpaired) electrons. The van der Waals surface area contributed by atoms with Crippen LogP contribution in [0.2, 0.25) is 10.0 Å². The molecule has 0 aliphatic carbocycles. The Morgan fingerprint density at radius 2 is 2.12 bits per heavy atom. The average molecular weight is 363 g/mol. The van der Waals surface area contributed by atoms with Crippen LogP contribution < -0.4 is 4.90 Å². The van der Waals surface area contributed by atoms with E-state index in [1.165, 1.54) is 0 Å². The van der Waals surface area contributed by atoms with E-state index >= 15 is 0 Å². The summed E-state index contributed by atoms with van der Waals surface area (Å²) in [6.45, 7) is 2.60. The fraction of sp³-hybridized carbons (Fsp3) is 0.312. The van der Waals surface area contributed by atoms with Crippen LogP contribution in [0.1, 0.15) is 5.56 Å². The second kappa shape index (κ2) is 6.20. The maximum Gasteiger partial charge on any atom is 0.203 e. The molecule has 0 saturated carbocycles. The maximum atomic E-state index is 6.27. The molecule has 0 spiro atoms. The lowest BCUT2D eigenvalue weighted by Crippen LogP contribution is -2.58. The van der Waals surface area contributed by atoms with Crippen LogP contribution in [0.5, 0.6) is 0 Å². The van der Waals surface area contributed by atoms with Crippen molar-refractivity contribution in [2.45, 2.75) is 12.6 Å². The number of anilines is 1. The molecule has 1 fully saturated rings. The molecule has 0 unspecified atom stereocenters. The van der Waals surface area contributed by atoms with Crippen molar-refractivity contribution >= 4 is 34.7 Å². The maximum absolute atomic E-state index is 6.27. The van der Waals surface area contributed by atoms with E-state index < -0.39 is 0 Å². The summed E-state index contributed by atoms with van der Waals surface area (Å²) in [6, 6.07) is 6.09. The van der Waals surface area contributed by atoms with Gasteiger partial charge in [0.15, 0.2) is 5.82 Å². The summed E-state index contributed by atoms with van der Waals surface area (Å²) in [4.78, 5) is 8.97. The molecule has 24 heavy (non-hydrogen) atoms. The molecule has 3 heterocycles. The monoisotopic (exact) mass is 362 g/mol. The van der Waals surface area contributed by atoms with Gasteiger partial charge in [0.05, 0.1) is 0 Å². The summed E-state index contributed by atoms with van der Waals surface area (Å²) in [5.41, 5.74) is 1.87. The molecule has 0 amide bonds. The van der Waals surface area contributed by atoms with Gasteiger partial charge in [-0.25, -0.2) is 4.98 Å². The Hall–Kier alpha value is -1.89. The lowest BCUT2D eigenvalue weighted by Gasteiger charge is -2.44. The van der Waals surface area contributed by atoms with Crippen molar-refractivity contribution in [3.05, 3.63) is 52.5 Å². The first kappa shape index (κ1) is 15.6. The minimum Gasteiger partial charge on any atom is -0.350 e. The molecule has 2 aromatic heterocycles. The van der Waals surface area contributed by atoms with Gasteiger partial charge in [-0.3, -0.25) is 9.30 Å². The van der Waals surface area contributed by atoms with Gasteiger partial charge in [0.2, 0.25) is 5.65 Å². The van der Waals surface area contributed by atoms with Gasteiger partial charge in [-0.15, -0.1) is 10.2 Å². The molecule has 1 saturated heterocycles. The van der Waals surface area contributed by atoms with Crippen LogP contribution in [-0.2, 0) is 6.54 Å². The highest BCUT2D eigenvalue weighted by Gasteiger charge is 2.32. The van der Waals surface area contributed by atoms with Gasteiger partial charge in [-0.1, -0.05) is 29.3 Å². The first-order chi connectivity index (χ1) is 11.6. The Balaban J connectivity index is 1.42. The highest BCUT2D eigenvalue weighted by atomic mass is 35.5. The second-order valence-corrected chi connectivity index (χ2v) is 6.87. The third-order valence-electron chi connectivity index (χ3n) is 4.42. The molecule has 0 bridgehead atoms. The Bertz CT molecular complexity index is 874. The van der Waals surface area contributed by atoms with E-state index in [0.29, 0.717) is 16.1 Å². The number of benzene rings is 1. The first-order valence-corrected chi connectivity index (χ1v) is 8.41. The van der Waals surface area contributed by atoms with Crippen LogP contribution in [0.15, 0.2) is 36.9 Å². The van der Waals surface area contributed by atoms with Crippen molar-refractivity contribution in [3.63, 3.8) is 0 Å². The van der Waals surface area contributed by atoms with Crippen LogP contribution in [0.4, 0.5) is 5.82 Å². The van der Waals surface area contributed by atoms with Gasteiger partial charge in [0.25, 0.3) is 0 Å². The number of rotatable bonds is 4. The molecule has 1 aliphatic rings. The summed E-state index contributed by atoms with van der Waals surface area (Å²) in [5, 5.41) is 9.45. The second-order valence-electron chi connectivity index (χ2n) is 6.02. The van der Waals surface area contributed by atoms with Gasteiger partial charge in [0, 0.05) is 48.1 Å². The predicted molar refractivity (Wildman–Crippen MR) is 94.7 cm³/mol. The van der Waals surface area contributed by atoms with E-state index in [2.05, 4.69) is 32.0 Å². The normalized spacial score (nSPS) is 15.2. The van der Waals surface area contributed by atoms with Crippen molar-refractivity contribution < 1.29 is 0 Å². The SMILES string of the molecule is CN(Cc1ccc(Cl)cc1Cl)C1CN(c2nccn3cnnc23)C1. The third-order valence-corrected chi connectivity index (χ3v) is 5.00. The standard InChI is InChI=1S/C16H16Cl2N6/c1-22(7-11-2-3-12(17)6-14(11)18)13-8-24(9-13)15-16-21-20-10-23(16)5-4-19-15/h2-6,10,13H,7-9H2,1H3. The topological polar surface area (TPSA) is 49.6 Å². The van der Waals surface area contributed by atoms with E-state index in [0.717, 1.165) is 36.7 Å². The van der Waals surface area contributed by atoms with Crippen LogP contribution in [0.3, 0.4) is 0 Å². The number of fused-ring (bicyclic) bond motifs is 1. The van der Waals surface area contributed by atoms with Crippen molar-refractivity contribution in [2.24, 2.45) is 0 Å². The number of likely N-dealkylation sites (N-methyl/N-ethyl adjacent to an activating group) is 1. The minimum absolute atomic E-state index is 0.446. The van der Waals surface area contributed by atoms with Crippen LogP contribution in [0, 0.1) is 0 Å². The largest absolute Gasteiger partial charge is 0.350 e. The Kier molecular flexibility index (Phi) is 4.04. The zero-order valence-corrected chi connectivity index (χ0v) is 14.6. The van der Waals surface area contributed by atoms with Gasteiger partial charge in [-0.05, 0) is 24.7 Å². The van der Waals surface area contributed by atoms with Crippen molar-refractivity contribution in [3.8, 4) is 0 Å². The van der Waals surface area contributed by atoms with Crippen molar-refractivity contribution in [1.29, 1.82) is 0 Å². The van der Waals surface area contributed by atoms with E-state index in [9.17, 15) is 0 Å². The molecule has 6 nitrogen and oxygen atoms in total. The molecule has 0 atom stereocenters. The van der Waals surface area contributed by atoms with E-state index in [1.54, 1.807) is 18.6 Å². The van der Waals surface area contributed by atoms with Crippen molar-refractivity contribution in [2.75, 3.05) is 25.0 Å². The predicted octanol–water partition coefficient (Wildman–Crippen LogP) is 2.75. The molecule has 3 aromatic rings. The number of hydrogen-bond donors (Lipinski definition) is 0. The van der Waals surface area contributed by atoms with E-state index in [1.807, 2.05) is 22.7 Å². The van der Waals surface area contributed by atoms with Crippen molar-refractivity contribution in [1.82, 2.24) is 24.5 Å². The average Bonchev–Trinajstić information content (AvgIpc) is 2.98. The zero-order chi connectivity index (χ0) is 16.7. The van der Waals surface area contributed by atoms with Gasteiger partial charge >= 0.3 is 0 Å². The van der Waals surface area contributed by atoms with E-state index in [-0.39, 0.29) is 0 Å². The Morgan fingerprint density at radius 3 is 2.92 bits per heavy atom.